The molecule has 0 aliphatic rings. The molecule has 0 radical (unpaired) electrons. The molecule has 11 heteroatoms. The van der Waals surface area contributed by atoms with E-state index in [1.54, 1.807) is 55.5 Å². The van der Waals surface area contributed by atoms with Crippen molar-refractivity contribution in [1.82, 2.24) is 10.2 Å². The molecule has 39 heavy (non-hydrogen) atoms. The predicted octanol–water partition coefficient (Wildman–Crippen LogP) is 6.03. The van der Waals surface area contributed by atoms with E-state index < -0.39 is 28.5 Å². The van der Waals surface area contributed by atoms with Gasteiger partial charge < -0.3 is 10.2 Å². The Hall–Kier alpha value is -2.78. The van der Waals surface area contributed by atoms with E-state index in [0.717, 1.165) is 4.31 Å². The summed E-state index contributed by atoms with van der Waals surface area (Å²) in [6, 6.07) is 17.9. The summed E-state index contributed by atoms with van der Waals surface area (Å²) < 4.78 is 28.5. The lowest BCUT2D eigenvalue weighted by Gasteiger charge is -2.32. The largest absolute Gasteiger partial charge is 0.354 e. The Morgan fingerprint density at radius 1 is 0.872 bits per heavy atom. The first-order valence-corrected chi connectivity index (χ1v) is 14.8. The quantitative estimate of drug-likeness (QED) is 0.287. The van der Waals surface area contributed by atoms with Gasteiger partial charge in [-0.2, -0.15) is 0 Å². The normalized spacial score (nSPS) is 12.2. The minimum absolute atomic E-state index is 0.0291. The summed E-state index contributed by atoms with van der Waals surface area (Å²) in [7, 11) is -4.17. The highest BCUT2D eigenvalue weighted by Gasteiger charge is 2.32. The van der Waals surface area contributed by atoms with Gasteiger partial charge in [-0.1, -0.05) is 72.9 Å². The van der Waals surface area contributed by atoms with E-state index in [1.165, 1.54) is 29.2 Å². The maximum atomic E-state index is 13.9. The van der Waals surface area contributed by atoms with Crippen molar-refractivity contribution in [2.45, 2.75) is 38.3 Å². The van der Waals surface area contributed by atoms with E-state index in [4.69, 9.17) is 34.8 Å². The highest BCUT2D eigenvalue weighted by Crippen LogP contribution is 2.27. The van der Waals surface area contributed by atoms with Crippen molar-refractivity contribution < 1.29 is 18.0 Å². The molecule has 1 atom stereocenters. The lowest BCUT2D eigenvalue weighted by Crippen LogP contribution is -2.51. The molecule has 0 bridgehead atoms. The number of nitrogens with zero attached hydrogens (tertiary/aromatic N) is 2. The summed E-state index contributed by atoms with van der Waals surface area (Å²) in [6.45, 7) is 5.35. The van der Waals surface area contributed by atoms with Crippen LogP contribution in [0.2, 0.25) is 15.1 Å². The summed E-state index contributed by atoms with van der Waals surface area (Å²) in [5, 5.41) is 3.97. The molecule has 2 amide bonds. The second kappa shape index (κ2) is 13.5. The Labute approximate surface area is 244 Å². The number of carbonyl (C=O) groups is 2. The molecule has 3 aromatic carbocycles. The number of benzene rings is 3. The second-order valence-corrected chi connectivity index (χ2v) is 12.5. The van der Waals surface area contributed by atoms with E-state index in [1.807, 2.05) is 13.8 Å². The highest BCUT2D eigenvalue weighted by atomic mass is 35.5. The summed E-state index contributed by atoms with van der Waals surface area (Å²) >= 11 is 18.4. The number of para-hydroxylation sites is 1. The van der Waals surface area contributed by atoms with Crippen molar-refractivity contribution in [2.24, 2.45) is 5.92 Å². The van der Waals surface area contributed by atoms with Crippen molar-refractivity contribution in [3.05, 3.63) is 93.4 Å². The van der Waals surface area contributed by atoms with Gasteiger partial charge in [0.05, 0.1) is 10.6 Å². The van der Waals surface area contributed by atoms with Gasteiger partial charge in [-0.05, 0) is 66.9 Å². The molecule has 0 aliphatic carbocycles. The molecule has 0 fully saturated rings. The Balaban J connectivity index is 2.01. The van der Waals surface area contributed by atoms with Crippen LogP contribution in [0.25, 0.3) is 0 Å². The highest BCUT2D eigenvalue weighted by molar-refractivity contribution is 7.92. The van der Waals surface area contributed by atoms with Crippen molar-refractivity contribution in [2.75, 3.05) is 17.4 Å². The fourth-order valence-corrected chi connectivity index (χ4v) is 5.73. The van der Waals surface area contributed by atoms with Crippen molar-refractivity contribution in [1.29, 1.82) is 0 Å². The maximum Gasteiger partial charge on any atom is 0.264 e. The third kappa shape index (κ3) is 8.11. The molecule has 0 saturated carbocycles. The third-order valence-electron chi connectivity index (χ3n) is 5.93. The van der Waals surface area contributed by atoms with Crippen LogP contribution < -0.4 is 9.62 Å². The van der Waals surface area contributed by atoms with Crippen molar-refractivity contribution in [3.8, 4) is 0 Å². The lowest BCUT2D eigenvalue weighted by molar-refractivity contribution is -0.139. The number of hydrogen-bond acceptors (Lipinski definition) is 4. The van der Waals surface area contributed by atoms with Gasteiger partial charge in [0.2, 0.25) is 11.8 Å². The molecular weight excluding hydrogens is 581 g/mol. The molecule has 1 N–H and O–H groups in total. The Morgan fingerprint density at radius 3 is 2.08 bits per heavy atom. The number of carbonyl (C=O) groups excluding carboxylic acids is 2. The summed E-state index contributed by atoms with van der Waals surface area (Å²) in [5.74, 6) is -0.752. The van der Waals surface area contributed by atoms with E-state index in [0.29, 0.717) is 32.9 Å². The van der Waals surface area contributed by atoms with Gasteiger partial charge in [0.1, 0.15) is 12.6 Å². The number of amides is 2. The Kier molecular flexibility index (Phi) is 10.7. The van der Waals surface area contributed by atoms with E-state index in [-0.39, 0.29) is 23.3 Å². The van der Waals surface area contributed by atoms with Gasteiger partial charge >= 0.3 is 0 Å². The molecule has 0 aromatic heterocycles. The van der Waals surface area contributed by atoms with Crippen LogP contribution >= 0.6 is 34.8 Å². The molecule has 0 unspecified atom stereocenters. The van der Waals surface area contributed by atoms with Gasteiger partial charge in [-0.25, -0.2) is 8.42 Å². The van der Waals surface area contributed by atoms with Crippen LogP contribution in [-0.4, -0.2) is 44.3 Å². The van der Waals surface area contributed by atoms with Crippen LogP contribution in [0.4, 0.5) is 5.69 Å². The van der Waals surface area contributed by atoms with Gasteiger partial charge in [-0.15, -0.1) is 0 Å². The zero-order valence-electron chi connectivity index (χ0n) is 21.8. The molecule has 0 saturated heterocycles. The first-order valence-electron chi connectivity index (χ1n) is 12.2. The van der Waals surface area contributed by atoms with E-state index in [2.05, 4.69) is 5.32 Å². The summed E-state index contributed by atoms with van der Waals surface area (Å²) in [4.78, 5) is 28.2. The van der Waals surface area contributed by atoms with E-state index >= 15 is 0 Å². The molecule has 0 aliphatic heterocycles. The zero-order chi connectivity index (χ0) is 28.7. The molecule has 7 nitrogen and oxygen atoms in total. The molecule has 3 aromatic rings. The summed E-state index contributed by atoms with van der Waals surface area (Å²) in [5.41, 5.74) is 0.854. The number of rotatable bonds is 11. The van der Waals surface area contributed by atoms with Gasteiger partial charge in [0, 0.05) is 28.2 Å². The van der Waals surface area contributed by atoms with Crippen LogP contribution in [0.15, 0.2) is 77.7 Å². The Morgan fingerprint density at radius 2 is 1.49 bits per heavy atom. The number of nitrogens with one attached hydrogen (secondary N) is 1. The fourth-order valence-electron chi connectivity index (χ4n) is 3.73. The first kappa shape index (κ1) is 30.8. The monoisotopic (exact) mass is 609 g/mol. The standard InChI is InChI=1S/C28H30Cl3N3O4S/c1-19(2)16-32-28(36)20(3)33(17-21-9-10-23(30)15-26(21)31)27(35)18-34(24-7-5-4-6-8-24)39(37,38)25-13-11-22(29)12-14-25/h4-15,19-20H,16-18H2,1-3H3,(H,32,36)/t20-/m0/s1. The number of sulfonamides is 1. The predicted molar refractivity (Wildman–Crippen MR) is 157 cm³/mol. The smallest absolute Gasteiger partial charge is 0.264 e. The average Bonchev–Trinajstić information content (AvgIpc) is 2.90. The van der Waals surface area contributed by atoms with Crippen molar-refractivity contribution >= 4 is 62.3 Å². The molecular formula is C28H30Cl3N3O4S. The summed E-state index contributed by atoms with van der Waals surface area (Å²) in [6.07, 6.45) is 0. The molecule has 208 valence electrons. The second-order valence-electron chi connectivity index (χ2n) is 9.37. The van der Waals surface area contributed by atoms with Crippen LogP contribution in [0.1, 0.15) is 26.3 Å². The van der Waals surface area contributed by atoms with E-state index in [9.17, 15) is 18.0 Å². The lowest BCUT2D eigenvalue weighted by atomic mass is 10.1. The third-order valence-corrected chi connectivity index (χ3v) is 8.56. The molecule has 3 rings (SSSR count). The van der Waals surface area contributed by atoms with Crippen LogP contribution in [0.5, 0.6) is 0 Å². The minimum atomic E-state index is -4.17. The fraction of sp³-hybridized carbons (Fsp3) is 0.286. The molecule has 0 heterocycles. The van der Waals surface area contributed by atoms with Gasteiger partial charge in [0.25, 0.3) is 10.0 Å². The zero-order valence-corrected chi connectivity index (χ0v) is 24.9. The number of anilines is 1. The minimum Gasteiger partial charge on any atom is -0.354 e. The van der Waals surface area contributed by atoms with Gasteiger partial charge in [0.15, 0.2) is 0 Å². The number of halogens is 3. The van der Waals surface area contributed by atoms with Crippen LogP contribution in [-0.2, 0) is 26.2 Å². The van der Waals surface area contributed by atoms with Crippen molar-refractivity contribution in [3.63, 3.8) is 0 Å². The van der Waals surface area contributed by atoms with Gasteiger partial charge in [-0.3, -0.25) is 13.9 Å². The maximum absolute atomic E-state index is 13.9. The van der Waals surface area contributed by atoms with Crippen LogP contribution in [0.3, 0.4) is 0 Å². The number of hydrogen-bond donors (Lipinski definition) is 1. The molecule has 0 spiro atoms. The first-order chi connectivity index (χ1) is 18.4. The van der Waals surface area contributed by atoms with Crippen LogP contribution in [0, 0.1) is 5.92 Å². The Bertz CT molecular complexity index is 1400. The SMILES string of the molecule is CC(C)CNC(=O)[C@H](C)N(Cc1ccc(Cl)cc1Cl)C(=O)CN(c1ccccc1)S(=O)(=O)c1ccc(Cl)cc1. The average molecular weight is 611 g/mol. The topological polar surface area (TPSA) is 86.8 Å².